The van der Waals surface area contributed by atoms with Crippen LogP contribution in [0.1, 0.15) is 17.5 Å². The molecule has 1 aliphatic heterocycles. The molecule has 104 valence electrons. The monoisotopic (exact) mass is 281 g/mol. The minimum Gasteiger partial charge on any atom is -0.345 e. The third-order valence-electron chi connectivity index (χ3n) is 3.50. The zero-order chi connectivity index (χ0) is 13.8. The predicted octanol–water partition coefficient (Wildman–Crippen LogP) is 1.46. The molecule has 1 aromatic carbocycles. The van der Waals surface area contributed by atoms with Crippen LogP contribution in [-0.4, -0.2) is 42.4 Å². The van der Waals surface area contributed by atoms with Crippen LogP contribution in [0, 0.1) is 0 Å². The number of carbonyl (C=O) groups is 1. The molecule has 1 saturated heterocycles. The Bertz CT molecular complexity index is 464. The van der Waals surface area contributed by atoms with Crippen molar-refractivity contribution in [1.82, 2.24) is 9.80 Å². The number of benzene rings is 1. The van der Waals surface area contributed by atoms with E-state index in [4.69, 9.17) is 17.3 Å². The van der Waals surface area contributed by atoms with Gasteiger partial charge in [0.05, 0.1) is 6.54 Å². The highest BCUT2D eigenvalue weighted by Gasteiger charge is 2.19. The van der Waals surface area contributed by atoms with E-state index in [1.165, 1.54) is 0 Å². The fraction of sp³-hybridized carbons (Fsp3) is 0.500. The molecule has 0 radical (unpaired) electrons. The van der Waals surface area contributed by atoms with E-state index in [1.54, 1.807) is 4.90 Å². The highest BCUT2D eigenvalue weighted by atomic mass is 35.5. The molecule has 1 aliphatic rings. The Balaban J connectivity index is 2.06. The molecule has 4 nitrogen and oxygen atoms in total. The molecular formula is C14H20ClN3O. The normalized spacial score (nSPS) is 17.6. The number of nitrogens with two attached hydrogens (primary N) is 1. The number of nitrogens with zero attached hydrogens (tertiary/aromatic N) is 2. The Kier molecular flexibility index (Phi) is 4.80. The minimum atomic E-state index is 0.173. The van der Waals surface area contributed by atoms with Gasteiger partial charge in [0.2, 0.25) is 5.91 Å². The second-order valence-corrected chi connectivity index (χ2v) is 5.42. The summed E-state index contributed by atoms with van der Waals surface area (Å²) in [6.45, 7) is 3.42. The summed E-state index contributed by atoms with van der Waals surface area (Å²) in [5.74, 6) is 0.173. The van der Waals surface area contributed by atoms with Crippen LogP contribution in [-0.2, 0) is 17.9 Å². The average molecular weight is 282 g/mol. The summed E-state index contributed by atoms with van der Waals surface area (Å²) >= 11 is 6.26. The van der Waals surface area contributed by atoms with E-state index in [1.807, 2.05) is 25.2 Å². The highest BCUT2D eigenvalue weighted by Crippen LogP contribution is 2.20. The Morgan fingerprint density at radius 2 is 2.16 bits per heavy atom. The molecule has 5 heteroatoms. The van der Waals surface area contributed by atoms with Crippen molar-refractivity contribution >= 4 is 17.5 Å². The maximum atomic E-state index is 11.8. The van der Waals surface area contributed by atoms with Crippen LogP contribution >= 0.6 is 11.6 Å². The molecule has 0 spiro atoms. The molecule has 1 fully saturated rings. The topological polar surface area (TPSA) is 49.6 Å². The molecule has 19 heavy (non-hydrogen) atoms. The first kappa shape index (κ1) is 14.3. The number of carbonyl (C=O) groups excluding carboxylic acids is 1. The molecule has 0 aliphatic carbocycles. The maximum Gasteiger partial charge on any atom is 0.236 e. The lowest BCUT2D eigenvalue weighted by molar-refractivity contribution is -0.129. The molecule has 1 aromatic rings. The van der Waals surface area contributed by atoms with E-state index in [0.717, 1.165) is 35.7 Å². The third kappa shape index (κ3) is 3.69. The Hall–Kier alpha value is -1.10. The van der Waals surface area contributed by atoms with Gasteiger partial charge in [0.25, 0.3) is 0 Å². The van der Waals surface area contributed by atoms with Crippen molar-refractivity contribution in [1.29, 1.82) is 0 Å². The molecule has 0 atom stereocenters. The summed E-state index contributed by atoms with van der Waals surface area (Å²) in [6, 6.07) is 5.90. The fourth-order valence-corrected chi connectivity index (χ4v) is 2.53. The number of hydrogen-bond acceptors (Lipinski definition) is 3. The van der Waals surface area contributed by atoms with Gasteiger partial charge < -0.3 is 10.6 Å². The van der Waals surface area contributed by atoms with Crippen molar-refractivity contribution in [2.45, 2.75) is 19.5 Å². The van der Waals surface area contributed by atoms with Gasteiger partial charge >= 0.3 is 0 Å². The Morgan fingerprint density at radius 3 is 2.84 bits per heavy atom. The molecule has 0 unspecified atom stereocenters. The minimum absolute atomic E-state index is 0.173. The van der Waals surface area contributed by atoms with E-state index in [9.17, 15) is 4.79 Å². The number of amides is 1. The SMILES string of the molecule is CN1CCCN(Cc2ccc(CN)cc2Cl)CC1=O. The van der Waals surface area contributed by atoms with Crippen molar-refractivity contribution in [2.75, 3.05) is 26.7 Å². The van der Waals surface area contributed by atoms with Crippen LogP contribution in [0.25, 0.3) is 0 Å². The second kappa shape index (κ2) is 6.37. The Morgan fingerprint density at radius 1 is 1.37 bits per heavy atom. The third-order valence-corrected chi connectivity index (χ3v) is 3.85. The molecule has 0 saturated carbocycles. The van der Waals surface area contributed by atoms with E-state index >= 15 is 0 Å². The second-order valence-electron chi connectivity index (χ2n) is 5.01. The summed E-state index contributed by atoms with van der Waals surface area (Å²) in [5.41, 5.74) is 7.67. The van der Waals surface area contributed by atoms with E-state index in [-0.39, 0.29) is 5.91 Å². The summed E-state index contributed by atoms with van der Waals surface area (Å²) in [7, 11) is 1.86. The van der Waals surface area contributed by atoms with Crippen LogP contribution in [0.4, 0.5) is 0 Å². The van der Waals surface area contributed by atoms with Gasteiger partial charge in [-0.05, 0) is 23.6 Å². The molecule has 2 N–H and O–H groups in total. The summed E-state index contributed by atoms with van der Waals surface area (Å²) < 4.78 is 0. The number of halogens is 1. The molecule has 2 rings (SSSR count). The quantitative estimate of drug-likeness (QED) is 0.913. The summed E-state index contributed by atoms with van der Waals surface area (Å²) in [5, 5.41) is 0.730. The van der Waals surface area contributed by atoms with Crippen LogP contribution in [0.15, 0.2) is 18.2 Å². The molecule has 0 bridgehead atoms. The molecule has 0 aromatic heterocycles. The van der Waals surface area contributed by atoms with Crippen LogP contribution < -0.4 is 5.73 Å². The summed E-state index contributed by atoms with van der Waals surface area (Å²) in [4.78, 5) is 15.8. The highest BCUT2D eigenvalue weighted by molar-refractivity contribution is 6.31. The van der Waals surface area contributed by atoms with E-state index in [0.29, 0.717) is 19.6 Å². The number of likely N-dealkylation sites (N-methyl/N-ethyl adjacent to an activating group) is 1. The summed E-state index contributed by atoms with van der Waals surface area (Å²) in [6.07, 6.45) is 1.00. The zero-order valence-electron chi connectivity index (χ0n) is 11.2. The maximum absolute atomic E-state index is 11.8. The van der Waals surface area contributed by atoms with Gasteiger partial charge in [-0.2, -0.15) is 0 Å². The van der Waals surface area contributed by atoms with Crippen LogP contribution in [0.3, 0.4) is 0 Å². The van der Waals surface area contributed by atoms with Gasteiger partial charge in [0, 0.05) is 38.2 Å². The van der Waals surface area contributed by atoms with Crippen molar-refractivity contribution in [3.05, 3.63) is 34.3 Å². The van der Waals surface area contributed by atoms with Crippen molar-refractivity contribution < 1.29 is 4.79 Å². The van der Waals surface area contributed by atoms with Crippen molar-refractivity contribution in [3.8, 4) is 0 Å². The fourth-order valence-electron chi connectivity index (χ4n) is 2.27. The first-order chi connectivity index (χ1) is 9.10. The van der Waals surface area contributed by atoms with Crippen LogP contribution in [0.5, 0.6) is 0 Å². The van der Waals surface area contributed by atoms with Gasteiger partial charge in [0.15, 0.2) is 0 Å². The van der Waals surface area contributed by atoms with Crippen LogP contribution in [0.2, 0.25) is 5.02 Å². The first-order valence-electron chi connectivity index (χ1n) is 6.54. The van der Waals surface area contributed by atoms with Gasteiger partial charge in [-0.1, -0.05) is 23.7 Å². The van der Waals surface area contributed by atoms with E-state index < -0.39 is 0 Å². The van der Waals surface area contributed by atoms with E-state index in [2.05, 4.69) is 4.90 Å². The van der Waals surface area contributed by atoms with Crippen molar-refractivity contribution in [2.24, 2.45) is 5.73 Å². The lowest BCUT2D eigenvalue weighted by atomic mass is 10.1. The largest absolute Gasteiger partial charge is 0.345 e. The molecule has 1 heterocycles. The lowest BCUT2D eigenvalue weighted by Gasteiger charge is -2.20. The average Bonchev–Trinajstić information content (AvgIpc) is 2.54. The number of rotatable bonds is 3. The smallest absolute Gasteiger partial charge is 0.236 e. The first-order valence-corrected chi connectivity index (χ1v) is 6.91. The van der Waals surface area contributed by atoms with Gasteiger partial charge in [0.1, 0.15) is 0 Å². The molecule has 1 amide bonds. The van der Waals surface area contributed by atoms with Crippen molar-refractivity contribution in [3.63, 3.8) is 0 Å². The molecular weight excluding hydrogens is 262 g/mol. The van der Waals surface area contributed by atoms with Gasteiger partial charge in [-0.15, -0.1) is 0 Å². The standard InChI is InChI=1S/C14H20ClN3O/c1-17-5-2-6-18(10-14(17)19)9-12-4-3-11(8-16)7-13(12)15/h3-4,7H,2,5-6,8-10,16H2,1H3. The lowest BCUT2D eigenvalue weighted by Crippen LogP contribution is -2.34. The number of hydrogen-bond donors (Lipinski definition) is 1. The zero-order valence-corrected chi connectivity index (χ0v) is 12.0. The van der Waals surface area contributed by atoms with Gasteiger partial charge in [-0.3, -0.25) is 9.69 Å². The van der Waals surface area contributed by atoms with Gasteiger partial charge in [-0.25, -0.2) is 0 Å². The predicted molar refractivity (Wildman–Crippen MR) is 76.9 cm³/mol. The Labute approximate surface area is 119 Å².